The van der Waals surface area contributed by atoms with E-state index in [0.29, 0.717) is 5.41 Å². The summed E-state index contributed by atoms with van der Waals surface area (Å²) in [5, 5.41) is 9.23. The smallest absolute Gasteiger partial charge is 0.202 e. The van der Waals surface area contributed by atoms with Crippen LogP contribution >= 0.6 is 15.9 Å². The van der Waals surface area contributed by atoms with Crippen molar-refractivity contribution in [3.63, 3.8) is 0 Å². The second-order valence-electron chi connectivity index (χ2n) is 2.59. The van der Waals surface area contributed by atoms with Crippen molar-refractivity contribution in [1.82, 2.24) is 0 Å². The van der Waals surface area contributed by atoms with Crippen molar-refractivity contribution in [2.45, 2.75) is 4.90 Å². The minimum Gasteiger partial charge on any atom is -0.219 e. The number of nitriles is 1. The fraction of sp³-hybridized carbons (Fsp3) is 0. The van der Waals surface area contributed by atoms with E-state index in [9.17, 15) is 12.8 Å². The van der Waals surface area contributed by atoms with Crippen LogP contribution in [0.25, 0.3) is 0 Å². The fourth-order valence-electron chi connectivity index (χ4n) is 0.922. The van der Waals surface area contributed by atoms with E-state index in [2.05, 4.69) is 22.5 Å². The molecular formula is C9H5BrFNO2S. The Morgan fingerprint density at radius 3 is 2.60 bits per heavy atom. The Bertz CT molecular complexity index is 560. The molecule has 0 saturated heterocycles. The van der Waals surface area contributed by atoms with Crippen LogP contribution in [-0.2, 0) is 9.84 Å². The maximum atomic E-state index is 13.3. The maximum Gasteiger partial charge on any atom is 0.202 e. The summed E-state index contributed by atoms with van der Waals surface area (Å²) in [5.74, 6) is -0.963. The molecular weight excluding hydrogens is 285 g/mol. The summed E-state index contributed by atoms with van der Waals surface area (Å²) < 4.78 is 36.2. The first-order valence-corrected chi connectivity index (χ1v) is 6.03. The van der Waals surface area contributed by atoms with Crippen LogP contribution in [0.2, 0.25) is 0 Å². The van der Waals surface area contributed by atoms with Crippen molar-refractivity contribution >= 4 is 25.8 Å². The van der Waals surface area contributed by atoms with Gasteiger partial charge in [-0.1, -0.05) is 6.58 Å². The number of halogens is 2. The van der Waals surface area contributed by atoms with Gasteiger partial charge in [-0.05, 0) is 28.1 Å². The SMILES string of the molecule is C=CS(=O)(=O)c1cc(Br)c(C#N)cc1F. The van der Waals surface area contributed by atoms with Crippen LogP contribution in [0, 0.1) is 17.1 Å². The minimum atomic E-state index is -3.83. The number of sulfone groups is 1. The van der Waals surface area contributed by atoms with Crippen molar-refractivity contribution in [1.29, 1.82) is 5.26 Å². The van der Waals surface area contributed by atoms with Gasteiger partial charge in [0, 0.05) is 9.88 Å². The normalized spacial score (nSPS) is 10.7. The predicted molar refractivity (Wildman–Crippen MR) is 56.2 cm³/mol. The van der Waals surface area contributed by atoms with E-state index in [-0.39, 0.29) is 10.0 Å². The summed E-state index contributed by atoms with van der Waals surface area (Å²) in [5.41, 5.74) is 0.0375. The number of hydrogen-bond donors (Lipinski definition) is 0. The van der Waals surface area contributed by atoms with Gasteiger partial charge in [0.2, 0.25) is 9.84 Å². The number of hydrogen-bond acceptors (Lipinski definition) is 3. The molecule has 0 aliphatic heterocycles. The number of benzene rings is 1. The molecule has 3 nitrogen and oxygen atoms in total. The van der Waals surface area contributed by atoms with Crippen LogP contribution in [0.5, 0.6) is 0 Å². The zero-order chi connectivity index (χ0) is 11.6. The first-order valence-electron chi connectivity index (χ1n) is 3.69. The molecule has 1 aromatic carbocycles. The largest absolute Gasteiger partial charge is 0.219 e. The molecule has 0 atom stereocenters. The molecule has 1 aromatic rings. The lowest BCUT2D eigenvalue weighted by molar-refractivity contribution is 0.572. The lowest BCUT2D eigenvalue weighted by atomic mass is 10.2. The zero-order valence-corrected chi connectivity index (χ0v) is 9.77. The van der Waals surface area contributed by atoms with Gasteiger partial charge in [0.1, 0.15) is 16.8 Å². The van der Waals surface area contributed by atoms with Crippen LogP contribution in [0.15, 0.2) is 33.5 Å². The highest BCUT2D eigenvalue weighted by molar-refractivity contribution is 9.10. The van der Waals surface area contributed by atoms with Gasteiger partial charge in [-0.3, -0.25) is 0 Å². The monoisotopic (exact) mass is 289 g/mol. The molecule has 0 aliphatic carbocycles. The van der Waals surface area contributed by atoms with Gasteiger partial charge < -0.3 is 0 Å². The third kappa shape index (κ3) is 2.25. The third-order valence-electron chi connectivity index (χ3n) is 1.67. The Hall–Kier alpha value is -1.19. The number of rotatable bonds is 2. The molecule has 0 spiro atoms. The van der Waals surface area contributed by atoms with Gasteiger partial charge in [0.15, 0.2) is 0 Å². The zero-order valence-electron chi connectivity index (χ0n) is 7.37. The quantitative estimate of drug-likeness (QED) is 0.840. The van der Waals surface area contributed by atoms with Gasteiger partial charge in [0.25, 0.3) is 0 Å². The third-order valence-corrected chi connectivity index (χ3v) is 3.69. The van der Waals surface area contributed by atoms with E-state index in [1.165, 1.54) is 0 Å². The van der Waals surface area contributed by atoms with Crippen LogP contribution in [0.1, 0.15) is 5.56 Å². The van der Waals surface area contributed by atoms with E-state index in [0.717, 1.165) is 12.1 Å². The second-order valence-corrected chi connectivity index (χ2v) is 5.30. The van der Waals surface area contributed by atoms with Gasteiger partial charge in [-0.25, -0.2) is 12.8 Å². The van der Waals surface area contributed by atoms with Gasteiger partial charge in [0.05, 0.1) is 5.56 Å². The van der Waals surface area contributed by atoms with E-state index in [4.69, 9.17) is 5.26 Å². The molecule has 0 amide bonds. The molecule has 15 heavy (non-hydrogen) atoms. The first kappa shape index (κ1) is 11.9. The van der Waals surface area contributed by atoms with E-state index >= 15 is 0 Å². The molecule has 0 unspecified atom stereocenters. The molecule has 0 aliphatic rings. The topological polar surface area (TPSA) is 57.9 Å². The van der Waals surface area contributed by atoms with Crippen LogP contribution < -0.4 is 0 Å². The molecule has 6 heteroatoms. The van der Waals surface area contributed by atoms with E-state index in [1.807, 2.05) is 0 Å². The molecule has 0 N–H and O–H groups in total. The first-order chi connectivity index (χ1) is 6.92. The van der Waals surface area contributed by atoms with Crippen molar-refractivity contribution in [2.75, 3.05) is 0 Å². The van der Waals surface area contributed by atoms with Gasteiger partial charge in [-0.15, -0.1) is 0 Å². The average molecular weight is 290 g/mol. The Morgan fingerprint density at radius 2 is 2.13 bits per heavy atom. The molecule has 0 radical (unpaired) electrons. The fourth-order valence-corrected chi connectivity index (χ4v) is 2.30. The molecule has 0 heterocycles. The highest BCUT2D eigenvalue weighted by Crippen LogP contribution is 2.24. The van der Waals surface area contributed by atoms with E-state index < -0.39 is 20.5 Å². The van der Waals surface area contributed by atoms with Crippen LogP contribution in [-0.4, -0.2) is 8.42 Å². The summed E-state index contributed by atoms with van der Waals surface area (Å²) in [7, 11) is -3.83. The average Bonchev–Trinajstić information content (AvgIpc) is 2.20. The Balaban J connectivity index is 3.56. The molecule has 0 bridgehead atoms. The molecule has 0 aromatic heterocycles. The van der Waals surface area contributed by atoms with Crippen molar-refractivity contribution in [3.05, 3.63) is 40.0 Å². The standard InChI is InChI=1S/C9H5BrFNO2S/c1-2-15(13,14)9-4-7(10)6(5-12)3-8(9)11/h2-4H,1H2. The van der Waals surface area contributed by atoms with E-state index in [1.54, 1.807) is 6.07 Å². The predicted octanol–water partition coefficient (Wildman–Crippen LogP) is 2.38. The Labute approximate surface area is 94.9 Å². The summed E-state index contributed by atoms with van der Waals surface area (Å²) in [6, 6.07) is 3.63. The second kappa shape index (κ2) is 4.13. The molecule has 78 valence electrons. The lowest BCUT2D eigenvalue weighted by Crippen LogP contribution is -2.00. The summed E-state index contributed by atoms with van der Waals surface area (Å²) in [6.45, 7) is 3.09. The van der Waals surface area contributed by atoms with Gasteiger partial charge >= 0.3 is 0 Å². The highest BCUT2D eigenvalue weighted by Gasteiger charge is 2.17. The summed E-state index contributed by atoms with van der Waals surface area (Å²) in [6.07, 6.45) is 0. The Morgan fingerprint density at radius 1 is 1.53 bits per heavy atom. The van der Waals surface area contributed by atoms with Crippen molar-refractivity contribution in [3.8, 4) is 6.07 Å². The number of nitrogens with zero attached hydrogens (tertiary/aromatic N) is 1. The van der Waals surface area contributed by atoms with Crippen molar-refractivity contribution in [2.24, 2.45) is 0 Å². The van der Waals surface area contributed by atoms with Gasteiger partial charge in [-0.2, -0.15) is 5.26 Å². The summed E-state index contributed by atoms with van der Waals surface area (Å²) >= 11 is 2.98. The van der Waals surface area contributed by atoms with Crippen LogP contribution in [0.4, 0.5) is 4.39 Å². The molecule has 0 saturated carbocycles. The van der Waals surface area contributed by atoms with Crippen molar-refractivity contribution < 1.29 is 12.8 Å². The lowest BCUT2D eigenvalue weighted by Gasteiger charge is -2.02. The van der Waals surface area contributed by atoms with Crippen LogP contribution in [0.3, 0.4) is 0 Å². The molecule has 1 rings (SSSR count). The minimum absolute atomic E-state index is 0.0375. The molecule has 0 fully saturated rings. The summed E-state index contributed by atoms with van der Waals surface area (Å²) in [4.78, 5) is -0.497. The Kier molecular flexibility index (Phi) is 3.27. The maximum absolute atomic E-state index is 13.3. The highest BCUT2D eigenvalue weighted by atomic mass is 79.9.